The maximum atomic E-state index is 11.5. The van der Waals surface area contributed by atoms with Gasteiger partial charge >= 0.3 is 5.97 Å². The van der Waals surface area contributed by atoms with Crippen molar-refractivity contribution in [3.8, 4) is 5.75 Å². The van der Waals surface area contributed by atoms with Crippen LogP contribution < -0.4 is 10.1 Å². The van der Waals surface area contributed by atoms with Gasteiger partial charge in [0.05, 0.1) is 13.2 Å². The molecule has 0 aromatic heterocycles. The number of hydrogen-bond donors (Lipinski definition) is 3. The van der Waals surface area contributed by atoms with Gasteiger partial charge in [0.15, 0.2) is 5.60 Å². The van der Waals surface area contributed by atoms with Gasteiger partial charge in [-0.1, -0.05) is 22.0 Å². The molecule has 0 bridgehead atoms. The van der Waals surface area contributed by atoms with E-state index < -0.39 is 11.6 Å². The van der Waals surface area contributed by atoms with Crippen molar-refractivity contribution < 1.29 is 24.5 Å². The van der Waals surface area contributed by atoms with E-state index in [1.807, 2.05) is 24.3 Å². The van der Waals surface area contributed by atoms with Crippen molar-refractivity contribution in [1.29, 1.82) is 0 Å². The lowest BCUT2D eigenvalue weighted by molar-refractivity contribution is -0.156. The molecule has 0 aliphatic heterocycles. The van der Waals surface area contributed by atoms with Crippen molar-refractivity contribution in [3.05, 3.63) is 28.7 Å². The third kappa shape index (κ3) is 6.59. The number of aliphatic hydroxyl groups is 1. The van der Waals surface area contributed by atoms with Gasteiger partial charge in [-0.15, -0.1) is 0 Å². The summed E-state index contributed by atoms with van der Waals surface area (Å²) < 4.78 is 6.38. The van der Waals surface area contributed by atoms with Gasteiger partial charge in [0.2, 0.25) is 5.91 Å². The monoisotopic (exact) mass is 359 g/mol. The molecule has 0 aliphatic rings. The normalized spacial score (nSPS) is 13.3. The number of carboxylic acids is 1. The molecule has 1 rings (SSSR count). The van der Waals surface area contributed by atoms with Crippen LogP contribution in [0.25, 0.3) is 0 Å². The molecule has 0 saturated heterocycles. The summed E-state index contributed by atoms with van der Waals surface area (Å²) in [5.41, 5.74) is -1.96. The van der Waals surface area contributed by atoms with Crippen LogP contribution in [0.5, 0.6) is 5.75 Å². The van der Waals surface area contributed by atoms with Gasteiger partial charge in [0, 0.05) is 10.9 Å². The predicted molar refractivity (Wildman–Crippen MR) is 80.1 cm³/mol. The topological polar surface area (TPSA) is 95.9 Å². The highest BCUT2D eigenvalue weighted by Crippen LogP contribution is 2.17. The first-order valence-electron chi connectivity index (χ1n) is 6.42. The molecule has 3 N–H and O–H groups in total. The first-order chi connectivity index (χ1) is 9.81. The van der Waals surface area contributed by atoms with Crippen molar-refractivity contribution in [2.45, 2.75) is 25.4 Å². The fourth-order valence-corrected chi connectivity index (χ4v) is 1.79. The SMILES string of the molecule is CC(O)(CNC(=O)CCCOc1cccc(Br)c1)C(=O)O. The Bertz CT molecular complexity index is 504. The van der Waals surface area contributed by atoms with Gasteiger partial charge in [-0.2, -0.15) is 0 Å². The van der Waals surface area contributed by atoms with Crippen LogP contribution in [-0.4, -0.2) is 40.8 Å². The average Bonchev–Trinajstić information content (AvgIpc) is 2.41. The highest BCUT2D eigenvalue weighted by atomic mass is 79.9. The lowest BCUT2D eigenvalue weighted by Crippen LogP contribution is -2.46. The molecule has 116 valence electrons. The largest absolute Gasteiger partial charge is 0.494 e. The molecule has 1 amide bonds. The molecule has 0 heterocycles. The van der Waals surface area contributed by atoms with Crippen LogP contribution in [0.4, 0.5) is 0 Å². The predicted octanol–water partition coefficient (Wildman–Crippen LogP) is 1.56. The molecule has 1 unspecified atom stereocenters. The molecule has 1 aromatic carbocycles. The van der Waals surface area contributed by atoms with Gasteiger partial charge < -0.3 is 20.3 Å². The molecule has 1 aromatic rings. The first kappa shape index (κ1) is 17.5. The van der Waals surface area contributed by atoms with E-state index >= 15 is 0 Å². The Hall–Kier alpha value is -1.60. The van der Waals surface area contributed by atoms with E-state index in [1.165, 1.54) is 0 Å². The van der Waals surface area contributed by atoms with E-state index in [0.717, 1.165) is 11.4 Å². The summed E-state index contributed by atoms with van der Waals surface area (Å²) in [5, 5.41) is 20.5. The van der Waals surface area contributed by atoms with E-state index in [0.29, 0.717) is 18.8 Å². The van der Waals surface area contributed by atoms with Crippen molar-refractivity contribution in [1.82, 2.24) is 5.32 Å². The second kappa shape index (κ2) is 7.99. The molecule has 21 heavy (non-hydrogen) atoms. The maximum absolute atomic E-state index is 11.5. The number of rotatable bonds is 8. The summed E-state index contributed by atoms with van der Waals surface area (Å²) in [4.78, 5) is 22.2. The highest BCUT2D eigenvalue weighted by Gasteiger charge is 2.30. The Morgan fingerprint density at radius 3 is 2.76 bits per heavy atom. The second-order valence-corrected chi connectivity index (χ2v) is 5.68. The van der Waals surface area contributed by atoms with E-state index in [9.17, 15) is 14.7 Å². The van der Waals surface area contributed by atoms with Crippen molar-refractivity contribution in [3.63, 3.8) is 0 Å². The molecular formula is C14H18BrNO5. The average molecular weight is 360 g/mol. The molecule has 0 fully saturated rings. The number of benzene rings is 1. The zero-order valence-corrected chi connectivity index (χ0v) is 13.2. The van der Waals surface area contributed by atoms with Crippen molar-refractivity contribution >= 4 is 27.8 Å². The van der Waals surface area contributed by atoms with Crippen LogP contribution >= 0.6 is 15.9 Å². The van der Waals surface area contributed by atoms with Crippen LogP contribution in [0, 0.1) is 0 Å². The standard InChI is InChI=1S/C14H18BrNO5/c1-14(20,13(18)19)9-16-12(17)6-3-7-21-11-5-2-4-10(15)8-11/h2,4-5,8,20H,3,6-7,9H2,1H3,(H,16,17)(H,18,19). The minimum Gasteiger partial charge on any atom is -0.494 e. The quantitative estimate of drug-likeness (QED) is 0.612. The Morgan fingerprint density at radius 1 is 1.43 bits per heavy atom. The van der Waals surface area contributed by atoms with Crippen LogP contribution in [-0.2, 0) is 9.59 Å². The minimum absolute atomic E-state index is 0.198. The Balaban J connectivity index is 2.21. The number of halogens is 1. The third-order valence-electron chi connectivity index (χ3n) is 2.70. The number of hydrogen-bond acceptors (Lipinski definition) is 4. The molecule has 0 saturated carbocycles. The lowest BCUT2D eigenvalue weighted by Gasteiger charge is -2.18. The highest BCUT2D eigenvalue weighted by molar-refractivity contribution is 9.10. The first-order valence-corrected chi connectivity index (χ1v) is 7.21. The molecule has 0 radical (unpaired) electrons. The van der Waals surface area contributed by atoms with Gasteiger partial charge in [-0.3, -0.25) is 4.79 Å². The molecule has 6 nitrogen and oxygen atoms in total. The number of nitrogens with one attached hydrogen (secondary N) is 1. The zero-order chi connectivity index (χ0) is 15.9. The Kier molecular flexibility index (Phi) is 6.64. The minimum atomic E-state index is -1.96. The number of amides is 1. The van der Waals surface area contributed by atoms with Gasteiger partial charge in [-0.05, 0) is 31.5 Å². The van der Waals surface area contributed by atoms with E-state index in [1.54, 1.807) is 0 Å². The van der Waals surface area contributed by atoms with Crippen molar-refractivity contribution in [2.24, 2.45) is 0 Å². The van der Waals surface area contributed by atoms with Gasteiger partial charge in [0.1, 0.15) is 5.75 Å². The van der Waals surface area contributed by atoms with E-state index in [4.69, 9.17) is 9.84 Å². The number of carbonyl (C=O) groups excluding carboxylic acids is 1. The summed E-state index contributed by atoms with van der Waals surface area (Å²) in [5.74, 6) is -0.992. The zero-order valence-electron chi connectivity index (χ0n) is 11.6. The summed E-state index contributed by atoms with van der Waals surface area (Å²) in [6.45, 7) is 1.18. The van der Waals surface area contributed by atoms with Gasteiger partial charge in [0.25, 0.3) is 0 Å². The van der Waals surface area contributed by atoms with Crippen LogP contribution in [0.3, 0.4) is 0 Å². The fourth-order valence-electron chi connectivity index (χ4n) is 1.41. The molecular weight excluding hydrogens is 342 g/mol. The molecule has 1 atom stereocenters. The molecule has 0 aliphatic carbocycles. The number of carboxylic acid groups (broad SMARTS) is 1. The Morgan fingerprint density at radius 2 is 2.14 bits per heavy atom. The van der Waals surface area contributed by atoms with E-state index in [2.05, 4.69) is 21.2 Å². The summed E-state index contributed by atoms with van der Waals surface area (Å²) in [6, 6.07) is 7.37. The van der Waals surface area contributed by atoms with E-state index in [-0.39, 0.29) is 18.9 Å². The van der Waals surface area contributed by atoms with Crippen LogP contribution in [0.15, 0.2) is 28.7 Å². The number of aliphatic carboxylic acids is 1. The second-order valence-electron chi connectivity index (χ2n) is 4.77. The fraction of sp³-hybridized carbons (Fsp3) is 0.429. The third-order valence-corrected chi connectivity index (χ3v) is 3.20. The smallest absolute Gasteiger partial charge is 0.337 e. The Labute approximate surface area is 131 Å². The summed E-state index contributed by atoms with van der Waals surface area (Å²) >= 11 is 3.33. The summed E-state index contributed by atoms with van der Waals surface area (Å²) in [6.07, 6.45) is 0.692. The maximum Gasteiger partial charge on any atom is 0.337 e. The molecule has 7 heteroatoms. The number of ether oxygens (including phenoxy) is 1. The number of carbonyl (C=O) groups is 2. The van der Waals surface area contributed by atoms with Crippen molar-refractivity contribution in [2.75, 3.05) is 13.2 Å². The van der Waals surface area contributed by atoms with Crippen LogP contribution in [0.1, 0.15) is 19.8 Å². The lowest BCUT2D eigenvalue weighted by atomic mass is 10.1. The summed E-state index contributed by atoms with van der Waals surface area (Å²) in [7, 11) is 0. The van der Waals surface area contributed by atoms with Gasteiger partial charge in [-0.25, -0.2) is 4.79 Å². The molecule has 0 spiro atoms. The van der Waals surface area contributed by atoms with Crippen LogP contribution in [0.2, 0.25) is 0 Å².